The number of carbonyl (C=O) groups excluding carboxylic acids is 2. The van der Waals surface area contributed by atoms with E-state index in [9.17, 15) is 20.0 Å². The number of nitrogens with zero attached hydrogens (tertiary/aromatic N) is 2. The van der Waals surface area contributed by atoms with Crippen molar-refractivity contribution in [2.75, 3.05) is 64.7 Å². The van der Waals surface area contributed by atoms with Crippen molar-refractivity contribution < 1.29 is 35.3 Å². The Kier molecular flexibility index (Phi) is 2.99. The number of nitrogens with one attached hydrogen (secondary N) is 2. The van der Waals surface area contributed by atoms with Crippen LogP contribution in [-0.4, -0.2) is 74.9 Å². The van der Waals surface area contributed by atoms with Crippen LogP contribution in [0.3, 0.4) is 0 Å². The summed E-state index contributed by atoms with van der Waals surface area (Å²) in [6, 6.07) is 8.43. The Bertz CT molecular complexity index is 1240. The third kappa shape index (κ3) is 4.85. The molecule has 0 heterocycles. The summed E-state index contributed by atoms with van der Waals surface area (Å²) in [5, 5.41) is 31.0. The number of hydroxylamine groups is 6. The first kappa shape index (κ1) is 11.0. The summed E-state index contributed by atoms with van der Waals surface area (Å²) in [6.45, 7) is -16.7. The molecule has 3 rings (SSSR count). The molecule has 2 aromatic rings. The van der Waals surface area contributed by atoms with Gasteiger partial charge < -0.3 is 30.3 Å². The van der Waals surface area contributed by atoms with Gasteiger partial charge in [0.1, 0.15) is 0 Å². The molecule has 0 fully saturated rings. The Morgan fingerprint density at radius 1 is 0.767 bits per heavy atom. The van der Waals surface area contributed by atoms with Gasteiger partial charge in [0.15, 0.2) is 11.6 Å². The molecule has 30 heavy (non-hydrogen) atoms. The Labute approximate surface area is 193 Å². The number of carbonyl (C=O) groups is 2. The molecular weight excluding hydrogens is 384 g/mol. The predicted molar refractivity (Wildman–Crippen MR) is 117 cm³/mol. The number of ketones is 2. The SMILES string of the molecule is [2H]C([2H])([2H])[N+]([O-])(CCNc1ccc(NCC[N+]([O-])(C([2H])([2H])[2H])C([2H])([2H])[2H])c2c1C(=O)c1ccccc1C2=O)C([2H])([2H])[2H]. The fraction of sp³-hybridized carbons (Fsp3) is 0.364. The van der Waals surface area contributed by atoms with Crippen LogP contribution < -0.4 is 10.6 Å². The van der Waals surface area contributed by atoms with Gasteiger partial charge in [-0.3, -0.25) is 9.59 Å². The van der Waals surface area contributed by atoms with Gasteiger partial charge in [-0.1, -0.05) is 24.3 Å². The summed E-state index contributed by atoms with van der Waals surface area (Å²) in [5.41, 5.74) is -0.381. The average molecular weight is 425 g/mol. The third-order valence-electron chi connectivity index (χ3n) is 4.56. The van der Waals surface area contributed by atoms with Crippen molar-refractivity contribution in [1.82, 2.24) is 0 Å². The van der Waals surface area contributed by atoms with Gasteiger partial charge >= 0.3 is 0 Å². The van der Waals surface area contributed by atoms with Crippen molar-refractivity contribution in [2.24, 2.45) is 0 Å². The maximum absolute atomic E-state index is 13.5. The van der Waals surface area contributed by atoms with Crippen molar-refractivity contribution in [3.05, 3.63) is 69.1 Å². The molecule has 0 saturated carbocycles. The molecular formula is C22H28N4O4. The smallest absolute Gasteiger partial charge is 0.196 e. The number of hydrogen-bond donors (Lipinski definition) is 2. The maximum atomic E-state index is 13.5. The molecule has 0 bridgehead atoms. The lowest BCUT2D eigenvalue weighted by molar-refractivity contribution is -0.838. The lowest BCUT2D eigenvalue weighted by Crippen LogP contribution is -2.37. The molecule has 0 radical (unpaired) electrons. The first-order valence-corrected chi connectivity index (χ1v) is 9.00. The van der Waals surface area contributed by atoms with Gasteiger partial charge in [-0.15, -0.1) is 0 Å². The minimum atomic E-state index is -3.44. The van der Waals surface area contributed by atoms with Gasteiger partial charge in [0.2, 0.25) is 0 Å². The largest absolute Gasteiger partial charge is 0.633 e. The van der Waals surface area contributed by atoms with Gasteiger partial charge in [0.25, 0.3) is 0 Å². The highest BCUT2D eigenvalue weighted by Crippen LogP contribution is 2.36. The van der Waals surface area contributed by atoms with Crippen LogP contribution in [-0.2, 0) is 0 Å². The van der Waals surface area contributed by atoms with E-state index in [4.69, 9.17) is 16.4 Å². The summed E-state index contributed by atoms with van der Waals surface area (Å²) < 4.78 is 84.2. The summed E-state index contributed by atoms with van der Waals surface area (Å²) >= 11 is 0. The highest BCUT2D eigenvalue weighted by molar-refractivity contribution is 6.31. The summed E-state index contributed by atoms with van der Waals surface area (Å²) in [4.78, 5) is 27.1. The molecule has 0 unspecified atom stereocenters. The molecule has 8 heteroatoms. The molecule has 8 nitrogen and oxygen atoms in total. The normalized spacial score (nSPS) is 21.3. The first-order chi connectivity index (χ1) is 19.0. The number of benzene rings is 2. The lowest BCUT2D eigenvalue weighted by atomic mass is 9.82. The van der Waals surface area contributed by atoms with E-state index >= 15 is 0 Å². The van der Waals surface area contributed by atoms with Crippen LogP contribution in [0.5, 0.6) is 0 Å². The van der Waals surface area contributed by atoms with E-state index in [0.29, 0.717) is 0 Å². The molecule has 0 saturated heterocycles. The standard InChI is InChI=1S/C22H28N4O4/c1-25(2,29)13-11-23-17-9-10-18(24-12-14-26(3,4)30)20-19(17)21(27)15-7-5-6-8-16(15)22(20)28/h5-10,23-24H,11-14H2,1-4H3/i1D3,2D3,3D3,4D3. The van der Waals surface area contributed by atoms with Crippen LogP contribution in [0.2, 0.25) is 0 Å². The quantitative estimate of drug-likeness (QED) is 0.425. The van der Waals surface area contributed by atoms with E-state index in [1.165, 1.54) is 36.4 Å². The zero-order valence-electron chi connectivity index (χ0n) is 27.8. The van der Waals surface area contributed by atoms with Gasteiger partial charge in [-0.2, -0.15) is 0 Å². The lowest BCUT2D eigenvalue weighted by Gasteiger charge is -2.34. The Balaban J connectivity index is 2.00. The minimum absolute atomic E-state index is 0.0232. The van der Waals surface area contributed by atoms with E-state index in [2.05, 4.69) is 10.6 Å². The Morgan fingerprint density at radius 3 is 1.53 bits per heavy atom. The van der Waals surface area contributed by atoms with E-state index in [1.807, 2.05) is 0 Å². The number of rotatable bonds is 8. The van der Waals surface area contributed by atoms with Crippen LogP contribution in [0.4, 0.5) is 11.4 Å². The zero-order valence-corrected chi connectivity index (χ0v) is 15.8. The van der Waals surface area contributed by atoms with Crippen LogP contribution in [0, 0.1) is 10.4 Å². The second-order valence-corrected chi connectivity index (χ2v) is 6.89. The monoisotopic (exact) mass is 424 g/mol. The fourth-order valence-corrected chi connectivity index (χ4v) is 3.21. The van der Waals surface area contributed by atoms with Gasteiger partial charge in [0, 0.05) is 22.5 Å². The second kappa shape index (κ2) is 8.16. The fourth-order valence-electron chi connectivity index (χ4n) is 3.21. The summed E-state index contributed by atoms with van der Waals surface area (Å²) in [6.07, 6.45) is 0. The molecule has 0 spiro atoms. The van der Waals surface area contributed by atoms with Crippen LogP contribution in [0.25, 0.3) is 0 Å². The third-order valence-corrected chi connectivity index (χ3v) is 4.56. The zero-order chi connectivity index (χ0) is 32.1. The van der Waals surface area contributed by atoms with Crippen molar-refractivity contribution in [3.8, 4) is 0 Å². The van der Waals surface area contributed by atoms with Crippen molar-refractivity contribution in [2.45, 2.75) is 0 Å². The van der Waals surface area contributed by atoms with Gasteiger partial charge in [0.05, 0.1) is 81.7 Å². The number of hydrogen-bond acceptors (Lipinski definition) is 6. The molecule has 1 aliphatic carbocycles. The van der Waals surface area contributed by atoms with E-state index in [-0.39, 0.29) is 33.6 Å². The molecule has 0 aliphatic heterocycles. The highest BCUT2D eigenvalue weighted by atomic mass is 16.5. The Morgan fingerprint density at radius 2 is 1.17 bits per heavy atom. The van der Waals surface area contributed by atoms with Crippen LogP contribution in [0.1, 0.15) is 48.3 Å². The van der Waals surface area contributed by atoms with E-state index < -0.39 is 74.9 Å². The van der Waals surface area contributed by atoms with Crippen LogP contribution in [0.15, 0.2) is 36.4 Å². The van der Waals surface area contributed by atoms with Crippen molar-refractivity contribution in [1.29, 1.82) is 0 Å². The molecule has 2 N–H and O–H groups in total. The average Bonchev–Trinajstić information content (AvgIpc) is 2.84. The van der Waals surface area contributed by atoms with E-state index in [1.54, 1.807) is 0 Å². The minimum Gasteiger partial charge on any atom is -0.633 e. The molecule has 160 valence electrons. The Hall–Kier alpha value is -2.78. The number of quaternary nitrogens is 2. The number of anilines is 2. The molecule has 0 amide bonds. The van der Waals surface area contributed by atoms with Crippen molar-refractivity contribution >= 4 is 22.9 Å². The summed E-state index contributed by atoms with van der Waals surface area (Å²) in [7, 11) is 0. The van der Waals surface area contributed by atoms with Gasteiger partial charge in [-0.25, -0.2) is 0 Å². The molecule has 2 aromatic carbocycles. The van der Waals surface area contributed by atoms with E-state index in [0.717, 1.165) is 0 Å². The molecule has 0 aromatic heterocycles. The topological polar surface area (TPSA) is 104 Å². The predicted octanol–water partition coefficient (Wildman–Crippen LogP) is 2.43. The first-order valence-electron chi connectivity index (χ1n) is 15.0. The van der Waals surface area contributed by atoms with Gasteiger partial charge in [-0.05, 0) is 12.1 Å². The number of fused-ring (bicyclic) bond motifs is 2. The molecule has 0 atom stereocenters. The van der Waals surface area contributed by atoms with Crippen molar-refractivity contribution in [3.63, 3.8) is 0 Å². The molecule has 1 aliphatic rings. The number of likely N-dealkylation sites (N-methyl/N-ethyl adjacent to an activating group) is 2. The summed E-state index contributed by atoms with van der Waals surface area (Å²) in [5.74, 6) is -1.28. The second-order valence-electron chi connectivity index (χ2n) is 6.89. The van der Waals surface area contributed by atoms with Crippen LogP contribution >= 0.6 is 0 Å². The maximum Gasteiger partial charge on any atom is 0.196 e. The highest BCUT2D eigenvalue weighted by Gasteiger charge is 2.33.